The maximum atomic E-state index is 14.1. The molecular formula is C27H24N2O3. The lowest BCUT2D eigenvalue weighted by atomic mass is 9.57. The summed E-state index contributed by atoms with van der Waals surface area (Å²) in [4.78, 5) is 30.0. The van der Waals surface area contributed by atoms with Gasteiger partial charge in [0.25, 0.3) is 5.91 Å². The second-order valence-corrected chi connectivity index (χ2v) is 9.20. The standard InChI is InChI=1S/C27H24N2O3/c1-17-11-13-18(14-12-17)21-16-29(2)27(20-8-4-5-9-22(20)28-24(27)30)26(21)15-19-7-3-6-10-23(19)32-25(26)31/h3-14,21H,15-16H2,1-2H3,(H,28,30)/t21-,26+,27+/m0/s1. The van der Waals surface area contributed by atoms with Crippen molar-refractivity contribution in [3.8, 4) is 5.75 Å². The number of aryl methyl sites for hydroxylation is 1. The number of likely N-dealkylation sites (tertiary alicyclic amines) is 1. The number of carbonyl (C=O) groups excluding carboxylic acids is 2. The Morgan fingerprint density at radius 1 is 0.969 bits per heavy atom. The minimum atomic E-state index is -1.15. The average Bonchev–Trinajstić information content (AvgIpc) is 3.24. The van der Waals surface area contributed by atoms with E-state index in [9.17, 15) is 9.59 Å². The number of ether oxygens (including phenoxy) is 1. The molecule has 5 heteroatoms. The zero-order chi connectivity index (χ0) is 22.1. The van der Waals surface area contributed by atoms with Crippen LogP contribution in [0.5, 0.6) is 5.75 Å². The zero-order valence-electron chi connectivity index (χ0n) is 18.1. The van der Waals surface area contributed by atoms with Gasteiger partial charge in [0.1, 0.15) is 16.7 Å². The number of benzene rings is 3. The van der Waals surface area contributed by atoms with Gasteiger partial charge in [-0.2, -0.15) is 0 Å². The highest BCUT2D eigenvalue weighted by Gasteiger charge is 2.75. The summed E-state index contributed by atoms with van der Waals surface area (Å²) in [6, 6.07) is 23.7. The SMILES string of the molecule is Cc1ccc([C@@H]2CN(C)[C@]3(C(=O)Nc4ccccc43)[C@]23Cc2ccccc2OC3=O)cc1. The van der Waals surface area contributed by atoms with Crippen LogP contribution in [0.4, 0.5) is 5.69 Å². The molecule has 2 spiro atoms. The molecule has 32 heavy (non-hydrogen) atoms. The molecule has 3 aliphatic heterocycles. The van der Waals surface area contributed by atoms with E-state index in [1.54, 1.807) is 0 Å². The molecule has 0 unspecified atom stereocenters. The second kappa shape index (κ2) is 6.53. The van der Waals surface area contributed by atoms with Crippen LogP contribution in [-0.2, 0) is 21.5 Å². The molecule has 0 aromatic heterocycles. The molecule has 3 atom stereocenters. The number of rotatable bonds is 1. The number of esters is 1. The molecule has 3 heterocycles. The highest BCUT2D eigenvalue weighted by atomic mass is 16.5. The Bertz CT molecular complexity index is 1270. The quantitative estimate of drug-likeness (QED) is 0.474. The number of hydrogen-bond donors (Lipinski definition) is 1. The van der Waals surface area contributed by atoms with Crippen molar-refractivity contribution in [1.29, 1.82) is 0 Å². The number of para-hydroxylation sites is 2. The van der Waals surface area contributed by atoms with Crippen LogP contribution in [0.15, 0.2) is 72.8 Å². The second-order valence-electron chi connectivity index (χ2n) is 9.20. The topological polar surface area (TPSA) is 58.6 Å². The molecule has 1 fully saturated rings. The summed E-state index contributed by atoms with van der Waals surface area (Å²) in [7, 11) is 1.95. The van der Waals surface area contributed by atoms with E-state index >= 15 is 0 Å². The molecule has 0 aliphatic carbocycles. The van der Waals surface area contributed by atoms with Gasteiger partial charge in [0.2, 0.25) is 0 Å². The van der Waals surface area contributed by atoms with E-state index in [0.29, 0.717) is 18.7 Å². The fourth-order valence-electron chi connectivity index (χ4n) is 6.27. The van der Waals surface area contributed by atoms with Crippen molar-refractivity contribution in [3.63, 3.8) is 0 Å². The van der Waals surface area contributed by atoms with Crippen LogP contribution in [0.1, 0.15) is 28.2 Å². The Balaban J connectivity index is 1.66. The van der Waals surface area contributed by atoms with Crippen LogP contribution in [0.2, 0.25) is 0 Å². The lowest BCUT2D eigenvalue weighted by Crippen LogP contribution is -2.61. The Kier molecular flexibility index (Phi) is 3.93. The number of carbonyl (C=O) groups is 2. The molecule has 5 nitrogen and oxygen atoms in total. The fraction of sp³-hybridized carbons (Fsp3) is 0.259. The fourth-order valence-corrected chi connectivity index (χ4v) is 6.27. The van der Waals surface area contributed by atoms with Gasteiger partial charge < -0.3 is 10.1 Å². The lowest BCUT2D eigenvalue weighted by molar-refractivity contribution is -0.160. The van der Waals surface area contributed by atoms with E-state index in [-0.39, 0.29) is 17.8 Å². The van der Waals surface area contributed by atoms with Crippen molar-refractivity contribution >= 4 is 17.6 Å². The average molecular weight is 425 g/mol. The monoisotopic (exact) mass is 424 g/mol. The highest BCUT2D eigenvalue weighted by Crippen LogP contribution is 2.65. The summed E-state index contributed by atoms with van der Waals surface area (Å²) >= 11 is 0. The van der Waals surface area contributed by atoms with Crippen molar-refractivity contribution in [2.24, 2.45) is 5.41 Å². The third-order valence-electron chi connectivity index (χ3n) is 7.65. The molecule has 3 aromatic carbocycles. The predicted molar refractivity (Wildman–Crippen MR) is 122 cm³/mol. The molecule has 0 saturated carbocycles. The van der Waals surface area contributed by atoms with Gasteiger partial charge in [-0.1, -0.05) is 66.2 Å². The lowest BCUT2D eigenvalue weighted by Gasteiger charge is -2.47. The van der Waals surface area contributed by atoms with Crippen LogP contribution in [0.3, 0.4) is 0 Å². The third kappa shape index (κ3) is 2.21. The number of amides is 1. The van der Waals surface area contributed by atoms with E-state index < -0.39 is 11.0 Å². The Hall–Kier alpha value is -3.44. The van der Waals surface area contributed by atoms with Gasteiger partial charge >= 0.3 is 5.97 Å². The van der Waals surface area contributed by atoms with Crippen molar-refractivity contribution in [2.45, 2.75) is 24.8 Å². The van der Waals surface area contributed by atoms with Crippen LogP contribution >= 0.6 is 0 Å². The van der Waals surface area contributed by atoms with Crippen molar-refractivity contribution in [1.82, 2.24) is 4.90 Å². The summed E-state index contributed by atoms with van der Waals surface area (Å²) in [5.74, 6) is -0.113. The number of fused-ring (bicyclic) bond motifs is 4. The van der Waals surface area contributed by atoms with Gasteiger partial charge in [-0.15, -0.1) is 0 Å². The van der Waals surface area contributed by atoms with Crippen LogP contribution < -0.4 is 10.1 Å². The highest BCUT2D eigenvalue weighted by molar-refractivity contribution is 6.10. The van der Waals surface area contributed by atoms with Gasteiger partial charge in [-0.25, -0.2) is 0 Å². The molecule has 0 radical (unpaired) electrons. The molecule has 160 valence electrons. The van der Waals surface area contributed by atoms with E-state index in [4.69, 9.17) is 4.74 Å². The Morgan fingerprint density at radius 3 is 2.50 bits per heavy atom. The van der Waals surface area contributed by atoms with Crippen molar-refractivity contribution in [3.05, 3.63) is 95.1 Å². The van der Waals surface area contributed by atoms with Gasteiger partial charge in [0.05, 0.1) is 0 Å². The van der Waals surface area contributed by atoms with Crippen LogP contribution in [0, 0.1) is 12.3 Å². The van der Waals surface area contributed by atoms with Gasteiger partial charge in [0.15, 0.2) is 0 Å². The first-order chi connectivity index (χ1) is 15.5. The zero-order valence-corrected chi connectivity index (χ0v) is 18.1. The van der Waals surface area contributed by atoms with Gasteiger partial charge in [-0.05, 0) is 43.7 Å². The maximum absolute atomic E-state index is 14.1. The summed E-state index contributed by atoms with van der Waals surface area (Å²) in [6.07, 6.45) is 0.437. The Morgan fingerprint density at radius 2 is 1.69 bits per heavy atom. The Labute approximate surface area is 187 Å². The van der Waals surface area contributed by atoms with Crippen molar-refractivity contribution < 1.29 is 14.3 Å². The largest absolute Gasteiger partial charge is 0.426 e. The summed E-state index contributed by atoms with van der Waals surface area (Å²) in [6.45, 7) is 2.62. The summed E-state index contributed by atoms with van der Waals surface area (Å²) < 4.78 is 6.00. The smallest absolute Gasteiger partial charge is 0.321 e. The van der Waals surface area contributed by atoms with E-state index in [0.717, 1.165) is 27.9 Å². The van der Waals surface area contributed by atoms with Gasteiger partial charge in [0, 0.05) is 23.7 Å². The number of anilines is 1. The molecule has 1 amide bonds. The molecule has 1 saturated heterocycles. The van der Waals surface area contributed by atoms with E-state index in [1.807, 2.05) is 62.5 Å². The normalized spacial score (nSPS) is 28.5. The van der Waals surface area contributed by atoms with Gasteiger partial charge in [-0.3, -0.25) is 14.5 Å². The number of hydrogen-bond acceptors (Lipinski definition) is 4. The molecular weight excluding hydrogens is 400 g/mol. The predicted octanol–water partition coefficient (Wildman–Crippen LogP) is 4.02. The number of nitrogens with zero attached hydrogens (tertiary/aromatic N) is 1. The molecule has 1 N–H and O–H groups in total. The number of likely N-dealkylation sites (N-methyl/N-ethyl adjacent to an activating group) is 1. The first-order valence-electron chi connectivity index (χ1n) is 11.0. The maximum Gasteiger partial charge on any atom is 0.321 e. The van der Waals surface area contributed by atoms with E-state index in [1.165, 1.54) is 0 Å². The van der Waals surface area contributed by atoms with Crippen molar-refractivity contribution in [2.75, 3.05) is 18.9 Å². The molecule has 6 rings (SSSR count). The molecule has 3 aromatic rings. The first-order valence-corrected chi connectivity index (χ1v) is 11.0. The molecule has 3 aliphatic rings. The molecule has 0 bridgehead atoms. The third-order valence-corrected chi connectivity index (χ3v) is 7.65. The first kappa shape index (κ1) is 19.3. The van der Waals surface area contributed by atoms with E-state index in [2.05, 4.69) is 34.5 Å². The minimum absolute atomic E-state index is 0.160. The van der Waals surface area contributed by atoms with Crippen LogP contribution in [-0.4, -0.2) is 30.4 Å². The van der Waals surface area contributed by atoms with Crippen LogP contribution in [0.25, 0.3) is 0 Å². The number of nitrogens with one attached hydrogen (secondary N) is 1. The minimum Gasteiger partial charge on any atom is -0.426 e. The summed E-state index contributed by atoms with van der Waals surface area (Å²) in [5, 5.41) is 3.07. The summed E-state index contributed by atoms with van der Waals surface area (Å²) in [5.41, 5.74) is 2.53.